The van der Waals surface area contributed by atoms with Gasteiger partial charge in [0.05, 0.1) is 34.8 Å². The number of para-hydroxylation sites is 1. The summed E-state index contributed by atoms with van der Waals surface area (Å²) in [7, 11) is 1.55. The number of nitrogens with one attached hydrogen (secondary N) is 3. The number of halogens is 1. The minimum atomic E-state index is -0.152. The van der Waals surface area contributed by atoms with Crippen LogP contribution < -0.4 is 15.4 Å². The molecule has 0 aliphatic carbocycles. The van der Waals surface area contributed by atoms with E-state index in [9.17, 15) is 4.79 Å². The first-order valence-corrected chi connectivity index (χ1v) is 9.80. The summed E-state index contributed by atoms with van der Waals surface area (Å²) in [5.41, 5.74) is 6.06. The fourth-order valence-electron chi connectivity index (χ4n) is 3.81. The first kappa shape index (κ1) is 18.5. The van der Waals surface area contributed by atoms with Crippen LogP contribution in [0.25, 0.3) is 22.4 Å². The molecule has 0 fully saturated rings. The Morgan fingerprint density at radius 3 is 3.00 bits per heavy atom. The molecule has 1 aromatic carbocycles. The second-order valence-electron chi connectivity index (χ2n) is 6.98. The number of aromatic nitrogens is 3. The number of ether oxygens (including phenoxy) is 1. The number of H-pyrrole nitrogens is 1. The highest BCUT2D eigenvalue weighted by molar-refractivity contribution is 6.32. The molecular formula is C21H18ClN5O3. The highest BCUT2D eigenvalue weighted by Gasteiger charge is 2.29. The number of methoxy groups -OCH3 is 1. The third-order valence-corrected chi connectivity index (χ3v) is 5.48. The normalized spacial score (nSPS) is 13.2. The average molecular weight is 424 g/mol. The van der Waals surface area contributed by atoms with E-state index in [-0.39, 0.29) is 5.91 Å². The van der Waals surface area contributed by atoms with E-state index in [4.69, 9.17) is 20.9 Å². The van der Waals surface area contributed by atoms with Crippen LogP contribution in [-0.4, -0.2) is 34.7 Å². The lowest BCUT2D eigenvalue weighted by atomic mass is 10.0. The summed E-state index contributed by atoms with van der Waals surface area (Å²) < 4.78 is 11.0. The zero-order valence-electron chi connectivity index (χ0n) is 16.3. The van der Waals surface area contributed by atoms with Gasteiger partial charge < -0.3 is 24.9 Å². The fourth-order valence-corrected chi connectivity index (χ4v) is 4.06. The van der Waals surface area contributed by atoms with E-state index in [1.54, 1.807) is 19.4 Å². The Bertz CT molecular complexity index is 1290. The van der Waals surface area contributed by atoms with Crippen molar-refractivity contribution < 1.29 is 14.1 Å². The van der Waals surface area contributed by atoms with E-state index < -0.39 is 0 Å². The van der Waals surface area contributed by atoms with Crippen LogP contribution in [0.4, 0.5) is 11.4 Å². The first-order chi connectivity index (χ1) is 14.6. The van der Waals surface area contributed by atoms with Gasteiger partial charge in [-0.3, -0.25) is 9.78 Å². The number of hydrogen-bond donors (Lipinski definition) is 3. The largest absolute Gasteiger partial charge is 0.493 e. The molecule has 152 valence electrons. The molecule has 3 N–H and O–H groups in total. The molecular weight excluding hydrogens is 406 g/mol. The second kappa shape index (κ2) is 7.07. The molecule has 0 spiro atoms. The molecule has 4 heterocycles. The molecule has 0 saturated heterocycles. The number of benzene rings is 1. The molecule has 1 aliphatic rings. The summed E-state index contributed by atoms with van der Waals surface area (Å²) in [4.78, 5) is 20.5. The Balaban J connectivity index is 1.75. The van der Waals surface area contributed by atoms with Gasteiger partial charge in [0.2, 0.25) is 0 Å². The number of amides is 1. The summed E-state index contributed by atoms with van der Waals surface area (Å²) in [6, 6.07) is 7.24. The van der Waals surface area contributed by atoms with Crippen LogP contribution >= 0.6 is 11.6 Å². The lowest BCUT2D eigenvalue weighted by molar-refractivity contribution is 0.0947. The number of nitrogens with zero attached hydrogens (tertiary/aromatic N) is 2. The van der Waals surface area contributed by atoms with Gasteiger partial charge in [0.1, 0.15) is 11.2 Å². The van der Waals surface area contributed by atoms with Gasteiger partial charge in [-0.1, -0.05) is 22.8 Å². The highest BCUT2D eigenvalue weighted by atomic mass is 35.5. The quantitative estimate of drug-likeness (QED) is 0.454. The predicted octanol–water partition coefficient (Wildman–Crippen LogP) is 4.22. The van der Waals surface area contributed by atoms with E-state index in [2.05, 4.69) is 25.8 Å². The Labute approximate surface area is 176 Å². The lowest BCUT2D eigenvalue weighted by Crippen LogP contribution is -2.31. The number of hydrogen-bond acceptors (Lipinski definition) is 6. The summed E-state index contributed by atoms with van der Waals surface area (Å²) in [6.07, 6.45) is 2.39. The van der Waals surface area contributed by atoms with Crippen molar-refractivity contribution in [1.29, 1.82) is 0 Å². The van der Waals surface area contributed by atoms with Crippen LogP contribution in [-0.2, 0) is 6.42 Å². The van der Waals surface area contributed by atoms with Crippen molar-refractivity contribution in [2.45, 2.75) is 13.3 Å². The van der Waals surface area contributed by atoms with Gasteiger partial charge in [-0.25, -0.2) is 0 Å². The summed E-state index contributed by atoms with van der Waals surface area (Å²) >= 11 is 6.30. The van der Waals surface area contributed by atoms with Crippen molar-refractivity contribution in [2.75, 3.05) is 19.0 Å². The second-order valence-corrected chi connectivity index (χ2v) is 7.39. The topological polar surface area (TPSA) is 105 Å². The summed E-state index contributed by atoms with van der Waals surface area (Å²) in [5, 5.41) is 10.8. The lowest BCUT2D eigenvalue weighted by Gasteiger charge is -2.17. The third-order valence-electron chi connectivity index (χ3n) is 5.19. The van der Waals surface area contributed by atoms with E-state index >= 15 is 0 Å². The van der Waals surface area contributed by atoms with Crippen molar-refractivity contribution in [3.63, 3.8) is 0 Å². The van der Waals surface area contributed by atoms with Crippen molar-refractivity contribution in [1.82, 2.24) is 20.4 Å². The first-order valence-electron chi connectivity index (χ1n) is 9.42. The summed E-state index contributed by atoms with van der Waals surface area (Å²) in [6.45, 7) is 2.41. The maximum Gasteiger partial charge on any atom is 0.255 e. The number of carbonyl (C=O) groups excluding carboxylic acids is 1. The smallest absolute Gasteiger partial charge is 0.255 e. The number of anilines is 2. The van der Waals surface area contributed by atoms with Gasteiger partial charge >= 0.3 is 0 Å². The van der Waals surface area contributed by atoms with Crippen LogP contribution in [0.3, 0.4) is 0 Å². The Morgan fingerprint density at radius 2 is 2.17 bits per heavy atom. The number of carbonyl (C=O) groups is 1. The number of aromatic amines is 1. The molecule has 5 rings (SSSR count). The van der Waals surface area contributed by atoms with E-state index in [1.807, 2.05) is 25.1 Å². The monoisotopic (exact) mass is 423 g/mol. The molecule has 0 radical (unpaired) electrons. The van der Waals surface area contributed by atoms with E-state index in [0.717, 1.165) is 11.3 Å². The maximum absolute atomic E-state index is 12.8. The van der Waals surface area contributed by atoms with Crippen LogP contribution in [0.15, 0.2) is 35.0 Å². The standard InChI is InChI=1S/C21H18ClN5O3/c1-10-16-19(30-27-10)11(6-8-23-16)17-18(15-13(25-17)7-9-24-21(15)28)26-14-5-3-4-12(22)20(14)29-2/h3-6,8,25-26H,7,9H2,1-2H3,(H,24,28). The Morgan fingerprint density at radius 1 is 1.30 bits per heavy atom. The van der Waals surface area contributed by atoms with Crippen molar-refractivity contribution >= 4 is 40.0 Å². The predicted molar refractivity (Wildman–Crippen MR) is 114 cm³/mol. The molecule has 4 aromatic rings. The van der Waals surface area contributed by atoms with Gasteiger partial charge in [0.25, 0.3) is 5.91 Å². The van der Waals surface area contributed by atoms with Crippen LogP contribution in [0.2, 0.25) is 5.02 Å². The van der Waals surface area contributed by atoms with Crippen molar-refractivity contribution in [3.05, 3.63) is 52.4 Å². The molecule has 0 unspecified atom stereocenters. The molecule has 0 bridgehead atoms. The van der Waals surface area contributed by atoms with Crippen LogP contribution in [0.1, 0.15) is 21.7 Å². The number of aryl methyl sites for hydroxylation is 1. The molecule has 0 saturated carbocycles. The fraction of sp³-hybridized carbons (Fsp3) is 0.190. The highest BCUT2D eigenvalue weighted by Crippen LogP contribution is 2.42. The Kier molecular flexibility index (Phi) is 4.36. The summed E-state index contributed by atoms with van der Waals surface area (Å²) in [5.74, 6) is 0.341. The molecule has 3 aromatic heterocycles. The molecule has 1 aliphatic heterocycles. The van der Waals surface area contributed by atoms with Crippen molar-refractivity contribution in [2.24, 2.45) is 0 Å². The van der Waals surface area contributed by atoms with Gasteiger partial charge in [-0.05, 0) is 25.1 Å². The number of fused-ring (bicyclic) bond motifs is 2. The zero-order chi connectivity index (χ0) is 20.8. The SMILES string of the molecule is COc1c(Cl)cccc1Nc1c(-c2ccnc3c(C)noc23)[nH]c2c1C(=O)NCC2. The third kappa shape index (κ3) is 2.80. The van der Waals surface area contributed by atoms with Crippen molar-refractivity contribution in [3.8, 4) is 17.0 Å². The van der Waals surface area contributed by atoms with Gasteiger partial charge in [0.15, 0.2) is 11.3 Å². The van der Waals surface area contributed by atoms with E-state index in [1.165, 1.54) is 0 Å². The average Bonchev–Trinajstić information content (AvgIpc) is 3.30. The van der Waals surface area contributed by atoms with Gasteiger partial charge in [0, 0.05) is 30.4 Å². The number of rotatable bonds is 4. The van der Waals surface area contributed by atoms with E-state index in [0.29, 0.717) is 63.2 Å². The minimum Gasteiger partial charge on any atom is -0.493 e. The maximum atomic E-state index is 12.8. The zero-order valence-corrected chi connectivity index (χ0v) is 17.1. The minimum absolute atomic E-state index is 0.152. The molecule has 0 atom stereocenters. The van der Waals surface area contributed by atoms with Crippen LogP contribution in [0, 0.1) is 6.92 Å². The molecule has 1 amide bonds. The Hall–Kier alpha value is -3.52. The molecule has 8 nitrogen and oxygen atoms in total. The molecule has 30 heavy (non-hydrogen) atoms. The van der Waals surface area contributed by atoms with Gasteiger partial charge in [-0.2, -0.15) is 0 Å². The van der Waals surface area contributed by atoms with Crippen LogP contribution in [0.5, 0.6) is 5.75 Å². The molecule has 9 heteroatoms. The number of pyridine rings is 1. The van der Waals surface area contributed by atoms with Gasteiger partial charge in [-0.15, -0.1) is 0 Å².